The van der Waals surface area contributed by atoms with Gasteiger partial charge in [0.25, 0.3) is 5.91 Å². The zero-order chi connectivity index (χ0) is 29.1. The number of halogens is 3. The topological polar surface area (TPSA) is 87.7 Å². The number of nitrogens with one attached hydrogen (secondary N) is 1. The number of nitrogens with zero attached hydrogens (tertiary/aromatic N) is 4. The molecule has 0 unspecified atom stereocenters. The monoisotopic (exact) mass is 563 g/mol. The number of ether oxygens (including phenoxy) is 1. The number of amides is 2. The molecule has 1 N–H and O–H groups in total. The van der Waals surface area contributed by atoms with Crippen molar-refractivity contribution in [3.8, 4) is 23.0 Å². The number of aromatic nitrogens is 2. The zero-order valence-corrected chi connectivity index (χ0v) is 22.6. The Balaban J connectivity index is 1.42. The molecule has 1 aromatic carbocycles. The van der Waals surface area contributed by atoms with Gasteiger partial charge in [0.2, 0.25) is 5.91 Å². The molecule has 0 atom stereocenters. The van der Waals surface area contributed by atoms with Crippen LogP contribution in [-0.4, -0.2) is 66.1 Å². The first-order valence-electron chi connectivity index (χ1n) is 13.1. The Hall–Kier alpha value is -4.43. The predicted molar refractivity (Wildman–Crippen MR) is 147 cm³/mol. The first-order valence-corrected chi connectivity index (χ1v) is 13.1. The Morgan fingerprint density at radius 2 is 1.83 bits per heavy atom. The Morgan fingerprint density at radius 3 is 2.54 bits per heavy atom. The maximum Gasteiger partial charge on any atom is 0.433 e. The van der Waals surface area contributed by atoms with Gasteiger partial charge >= 0.3 is 6.18 Å². The minimum absolute atomic E-state index is 0.0418. The van der Waals surface area contributed by atoms with Crippen LogP contribution in [0.25, 0.3) is 11.1 Å². The molecule has 2 aliphatic heterocycles. The third-order valence-corrected chi connectivity index (χ3v) is 7.06. The van der Waals surface area contributed by atoms with Gasteiger partial charge in [0.1, 0.15) is 11.4 Å². The Kier molecular flexibility index (Phi) is 7.94. The van der Waals surface area contributed by atoms with Crippen molar-refractivity contribution in [2.24, 2.45) is 5.92 Å². The fraction of sp³-hybridized carbons (Fsp3) is 0.333. The van der Waals surface area contributed by atoms with Crippen molar-refractivity contribution in [3.05, 3.63) is 71.3 Å². The average molecular weight is 564 g/mol. The van der Waals surface area contributed by atoms with Gasteiger partial charge in [-0.2, -0.15) is 13.2 Å². The number of hydrogen-bond acceptors (Lipinski definition) is 6. The van der Waals surface area contributed by atoms with Crippen molar-refractivity contribution < 1.29 is 27.5 Å². The molecule has 11 heteroatoms. The molecule has 0 bridgehead atoms. The summed E-state index contributed by atoms with van der Waals surface area (Å²) in [6, 6.07) is 9.27. The minimum Gasteiger partial charge on any atom is -0.378 e. The third-order valence-electron chi connectivity index (χ3n) is 7.06. The lowest BCUT2D eigenvalue weighted by molar-refractivity contribution is -0.141. The molecule has 2 fully saturated rings. The molecule has 0 saturated carbocycles. The van der Waals surface area contributed by atoms with Crippen LogP contribution < -0.4 is 10.2 Å². The van der Waals surface area contributed by atoms with Crippen LogP contribution in [0.5, 0.6) is 0 Å². The number of hydrogen-bond donors (Lipinski definition) is 1. The van der Waals surface area contributed by atoms with E-state index in [1.54, 1.807) is 30.2 Å². The van der Waals surface area contributed by atoms with Crippen LogP contribution in [0.15, 0.2) is 48.8 Å². The summed E-state index contributed by atoms with van der Waals surface area (Å²) in [5.74, 6) is 5.93. The number of alkyl halides is 3. The first-order chi connectivity index (χ1) is 19.6. The maximum absolute atomic E-state index is 13.1. The quantitative estimate of drug-likeness (QED) is 0.474. The van der Waals surface area contributed by atoms with Gasteiger partial charge in [-0.15, -0.1) is 0 Å². The lowest BCUT2D eigenvalue weighted by Gasteiger charge is -2.35. The number of aryl methyl sites for hydroxylation is 1. The highest BCUT2D eigenvalue weighted by Gasteiger charge is 2.33. The molecule has 8 nitrogen and oxygen atoms in total. The van der Waals surface area contributed by atoms with Gasteiger partial charge in [-0.3, -0.25) is 14.6 Å². The fourth-order valence-corrected chi connectivity index (χ4v) is 4.68. The van der Waals surface area contributed by atoms with Gasteiger partial charge < -0.3 is 19.9 Å². The predicted octanol–water partition coefficient (Wildman–Crippen LogP) is 4.39. The van der Waals surface area contributed by atoms with Crippen molar-refractivity contribution in [3.63, 3.8) is 0 Å². The number of carbonyl (C=O) groups is 2. The Bertz CT molecular complexity index is 1530. The highest BCUT2D eigenvalue weighted by molar-refractivity contribution is 6.04. The van der Waals surface area contributed by atoms with Crippen LogP contribution in [0.4, 0.5) is 24.5 Å². The summed E-state index contributed by atoms with van der Waals surface area (Å²) >= 11 is 0. The van der Waals surface area contributed by atoms with E-state index in [0.29, 0.717) is 50.8 Å². The summed E-state index contributed by atoms with van der Waals surface area (Å²) < 4.78 is 44.7. The second-order valence-electron chi connectivity index (χ2n) is 9.99. The largest absolute Gasteiger partial charge is 0.433 e. The van der Waals surface area contributed by atoms with E-state index in [1.807, 2.05) is 19.1 Å². The molecule has 2 amide bonds. The van der Waals surface area contributed by atoms with Gasteiger partial charge in [-0.05, 0) is 54.3 Å². The number of anilines is 2. The summed E-state index contributed by atoms with van der Waals surface area (Å²) in [4.78, 5) is 36.2. The molecule has 0 radical (unpaired) electrons. The third kappa shape index (κ3) is 6.49. The second kappa shape index (κ2) is 11.6. The molecule has 2 aliphatic rings. The molecule has 3 aromatic rings. The number of carbonyl (C=O) groups excluding carboxylic acids is 2. The van der Waals surface area contributed by atoms with Crippen molar-refractivity contribution in [2.75, 3.05) is 49.6 Å². The minimum atomic E-state index is -4.65. The Labute approximate surface area is 235 Å². The summed E-state index contributed by atoms with van der Waals surface area (Å²) in [5.41, 5.74) is 3.20. The van der Waals surface area contributed by atoms with E-state index in [0.717, 1.165) is 34.6 Å². The molecule has 0 aliphatic carbocycles. The molecule has 212 valence electrons. The van der Waals surface area contributed by atoms with Crippen LogP contribution in [0.2, 0.25) is 0 Å². The average Bonchev–Trinajstić information content (AvgIpc) is 2.93. The zero-order valence-electron chi connectivity index (χ0n) is 22.6. The lowest BCUT2D eigenvalue weighted by atomic mass is 9.99. The first kappa shape index (κ1) is 28.1. The van der Waals surface area contributed by atoms with Crippen molar-refractivity contribution >= 4 is 23.2 Å². The van der Waals surface area contributed by atoms with E-state index in [9.17, 15) is 22.8 Å². The highest BCUT2D eigenvalue weighted by Crippen LogP contribution is 2.32. The van der Waals surface area contributed by atoms with E-state index in [2.05, 4.69) is 32.0 Å². The van der Waals surface area contributed by atoms with Crippen molar-refractivity contribution in [1.82, 2.24) is 14.9 Å². The van der Waals surface area contributed by atoms with Gasteiger partial charge in [0.15, 0.2) is 0 Å². The molecule has 2 saturated heterocycles. The molecule has 5 rings (SSSR count). The van der Waals surface area contributed by atoms with Crippen LogP contribution >= 0.6 is 0 Å². The normalized spacial score (nSPS) is 15.5. The number of likely N-dealkylation sites (tertiary alicyclic amines) is 1. The number of morpholine rings is 1. The smallest absolute Gasteiger partial charge is 0.378 e. The maximum atomic E-state index is 13.1. The molecular formula is C30H28F3N5O3. The summed E-state index contributed by atoms with van der Waals surface area (Å²) in [5, 5.41) is 2.69. The van der Waals surface area contributed by atoms with Crippen molar-refractivity contribution in [2.45, 2.75) is 20.0 Å². The molecule has 0 spiro atoms. The van der Waals surface area contributed by atoms with E-state index in [-0.39, 0.29) is 17.4 Å². The van der Waals surface area contributed by atoms with Gasteiger partial charge in [-0.25, -0.2) is 4.98 Å². The molecule has 4 heterocycles. The van der Waals surface area contributed by atoms with Gasteiger partial charge in [-0.1, -0.05) is 12.0 Å². The van der Waals surface area contributed by atoms with Gasteiger partial charge in [0, 0.05) is 62.3 Å². The molecular weight excluding hydrogens is 535 g/mol. The van der Waals surface area contributed by atoms with Gasteiger partial charge in [0.05, 0.1) is 24.8 Å². The fourth-order valence-electron chi connectivity index (χ4n) is 4.68. The van der Waals surface area contributed by atoms with Crippen molar-refractivity contribution in [1.29, 1.82) is 0 Å². The summed E-state index contributed by atoms with van der Waals surface area (Å²) in [6.07, 6.45) is -1.96. The molecule has 2 aromatic heterocycles. The van der Waals surface area contributed by atoms with E-state index < -0.39 is 17.8 Å². The van der Waals surface area contributed by atoms with E-state index in [1.165, 1.54) is 6.07 Å². The second-order valence-corrected chi connectivity index (χ2v) is 9.99. The number of pyridine rings is 2. The molecule has 41 heavy (non-hydrogen) atoms. The van der Waals surface area contributed by atoms with E-state index in [4.69, 9.17) is 4.74 Å². The van der Waals surface area contributed by atoms with Crippen LogP contribution in [0.1, 0.15) is 34.2 Å². The van der Waals surface area contributed by atoms with Crippen LogP contribution in [0.3, 0.4) is 0 Å². The number of benzene rings is 1. The van der Waals surface area contributed by atoms with Crippen LogP contribution in [0, 0.1) is 24.7 Å². The van der Waals surface area contributed by atoms with Crippen LogP contribution in [-0.2, 0) is 15.7 Å². The highest BCUT2D eigenvalue weighted by atomic mass is 19.4. The number of rotatable bonds is 4. The van der Waals surface area contributed by atoms with E-state index >= 15 is 0 Å². The SMILES string of the molecule is CC(=O)N1CC(C#Cc2ncc(-c3cc(NC(=O)c4ccnc(C(F)(F)F)c4)ccc3C)cc2N2CCOCC2)C1. The summed E-state index contributed by atoms with van der Waals surface area (Å²) in [7, 11) is 0. The summed E-state index contributed by atoms with van der Waals surface area (Å²) in [6.45, 7) is 7.23. The Morgan fingerprint density at radius 1 is 1.07 bits per heavy atom. The standard InChI is InChI=1S/C30H28F3N5O3/c1-19-3-5-24(36-29(40)22-7-8-34-28(14-22)30(31,32)33)15-25(19)23-13-27(37-9-11-41-12-10-37)26(35-16-23)6-4-21-17-38(18-21)20(2)39/h3,5,7-8,13-16,21H,9-12,17-18H2,1-2H3,(H,36,40). The lowest BCUT2D eigenvalue weighted by Crippen LogP contribution is -2.48.